The molecule has 0 radical (unpaired) electrons. The molecule has 0 saturated heterocycles. The average molecular weight is 281 g/mol. The van der Waals surface area contributed by atoms with Crippen molar-refractivity contribution in [3.63, 3.8) is 0 Å². The average Bonchev–Trinajstić information content (AvgIpc) is 2.22. The van der Waals surface area contributed by atoms with Crippen LogP contribution in [0.2, 0.25) is 0 Å². The number of carboxylic acid groups (broad SMARTS) is 1. The van der Waals surface area contributed by atoms with Gasteiger partial charge in [0.25, 0.3) is 0 Å². The Hall–Kier alpha value is -1.35. The number of carbonyl (C=O) groups is 2. The monoisotopic (exact) mass is 281 g/mol. The number of aliphatic carboxylic acids is 1. The fraction of sp³-hybridized carbons (Fsp3) is 0.778. The zero-order chi connectivity index (χ0) is 14.3. The van der Waals surface area contributed by atoms with E-state index in [9.17, 15) is 18.0 Å². The molecule has 106 valence electrons. The third-order valence-electron chi connectivity index (χ3n) is 2.44. The number of nitrogens with one attached hydrogen (secondary N) is 2. The standard InChI is InChI=1S/C9H19N3O5S/c1-3-6(2)7(8(13)14)12-9(15)11-4-5-18(10,16)17/h6-7H,3-5H2,1-2H3,(H,13,14)(H2,10,16,17)(H2,11,12,15)/t6-,7-/m0/s1. The number of rotatable bonds is 7. The third-order valence-corrected chi connectivity index (χ3v) is 3.21. The molecule has 0 aromatic carbocycles. The maximum atomic E-state index is 11.3. The van der Waals surface area contributed by atoms with Gasteiger partial charge in [-0.3, -0.25) is 0 Å². The lowest BCUT2D eigenvalue weighted by atomic mass is 9.99. The van der Waals surface area contributed by atoms with E-state index in [4.69, 9.17) is 10.2 Å². The molecule has 0 aliphatic heterocycles. The van der Waals surface area contributed by atoms with Crippen molar-refractivity contribution >= 4 is 22.0 Å². The van der Waals surface area contributed by atoms with E-state index >= 15 is 0 Å². The van der Waals surface area contributed by atoms with E-state index in [2.05, 4.69) is 10.6 Å². The van der Waals surface area contributed by atoms with Gasteiger partial charge in [-0.05, 0) is 5.92 Å². The summed E-state index contributed by atoms with van der Waals surface area (Å²) in [5.74, 6) is -1.76. The van der Waals surface area contributed by atoms with Gasteiger partial charge >= 0.3 is 12.0 Å². The lowest BCUT2D eigenvalue weighted by molar-refractivity contribution is -0.140. The Bertz CT molecular complexity index is 395. The van der Waals surface area contributed by atoms with E-state index in [0.717, 1.165) is 0 Å². The molecule has 0 spiro atoms. The number of hydrogen-bond donors (Lipinski definition) is 4. The number of amides is 2. The first-order valence-corrected chi connectivity index (χ1v) is 7.16. The molecular formula is C9H19N3O5S. The van der Waals surface area contributed by atoms with E-state index in [1.807, 2.05) is 0 Å². The second kappa shape index (κ2) is 7.17. The Labute approximate surface area is 106 Å². The van der Waals surface area contributed by atoms with Crippen LogP contribution in [0.4, 0.5) is 4.79 Å². The van der Waals surface area contributed by atoms with E-state index < -0.39 is 33.8 Å². The van der Waals surface area contributed by atoms with Crippen molar-refractivity contribution in [3.8, 4) is 0 Å². The van der Waals surface area contributed by atoms with Crippen molar-refractivity contribution in [1.82, 2.24) is 10.6 Å². The summed E-state index contributed by atoms with van der Waals surface area (Å²) in [6, 6.07) is -1.74. The van der Waals surface area contributed by atoms with Gasteiger partial charge in [-0.15, -0.1) is 0 Å². The maximum absolute atomic E-state index is 11.3. The summed E-state index contributed by atoms with van der Waals surface area (Å²) in [5.41, 5.74) is 0. The van der Waals surface area contributed by atoms with Gasteiger partial charge in [0.2, 0.25) is 10.0 Å². The van der Waals surface area contributed by atoms with Crippen molar-refractivity contribution in [2.75, 3.05) is 12.3 Å². The highest BCUT2D eigenvalue weighted by Crippen LogP contribution is 2.07. The quantitative estimate of drug-likeness (QED) is 0.477. The fourth-order valence-electron chi connectivity index (χ4n) is 1.18. The topological polar surface area (TPSA) is 139 Å². The van der Waals surface area contributed by atoms with Crippen LogP contribution in [0.5, 0.6) is 0 Å². The first-order valence-electron chi connectivity index (χ1n) is 5.45. The van der Waals surface area contributed by atoms with E-state index in [1.54, 1.807) is 13.8 Å². The molecule has 2 amide bonds. The minimum Gasteiger partial charge on any atom is -0.480 e. The van der Waals surface area contributed by atoms with Gasteiger partial charge in [0.1, 0.15) is 6.04 Å². The van der Waals surface area contributed by atoms with Gasteiger partial charge < -0.3 is 15.7 Å². The Morgan fingerprint density at radius 2 is 1.94 bits per heavy atom. The molecule has 2 atom stereocenters. The van der Waals surface area contributed by atoms with Gasteiger partial charge in [0.15, 0.2) is 0 Å². The molecule has 0 aromatic heterocycles. The van der Waals surface area contributed by atoms with Crippen LogP contribution in [-0.2, 0) is 14.8 Å². The van der Waals surface area contributed by atoms with Crippen molar-refractivity contribution in [1.29, 1.82) is 0 Å². The summed E-state index contributed by atoms with van der Waals surface area (Å²) < 4.78 is 21.2. The van der Waals surface area contributed by atoms with Gasteiger partial charge in [-0.25, -0.2) is 23.1 Å². The van der Waals surface area contributed by atoms with E-state index in [0.29, 0.717) is 6.42 Å². The first-order chi connectivity index (χ1) is 8.17. The molecule has 8 nitrogen and oxygen atoms in total. The van der Waals surface area contributed by atoms with E-state index in [1.165, 1.54) is 0 Å². The molecule has 0 bridgehead atoms. The molecule has 0 aromatic rings. The summed E-state index contributed by atoms with van der Waals surface area (Å²) in [5, 5.41) is 18.2. The van der Waals surface area contributed by atoms with Crippen LogP contribution in [0.1, 0.15) is 20.3 Å². The number of carboxylic acids is 1. The van der Waals surface area contributed by atoms with Gasteiger partial charge in [0, 0.05) is 6.54 Å². The van der Waals surface area contributed by atoms with E-state index in [-0.39, 0.29) is 12.5 Å². The second-order valence-electron chi connectivity index (χ2n) is 3.97. The summed E-state index contributed by atoms with van der Waals surface area (Å²) in [6.45, 7) is 3.34. The van der Waals surface area contributed by atoms with Crippen LogP contribution >= 0.6 is 0 Å². The molecule has 0 unspecified atom stereocenters. The minimum absolute atomic E-state index is 0.169. The molecule has 5 N–H and O–H groups in total. The normalized spacial score (nSPS) is 14.6. The SMILES string of the molecule is CC[C@H](C)[C@H](NC(=O)NCCS(N)(=O)=O)C(=O)O. The number of urea groups is 1. The molecule has 9 heteroatoms. The molecule has 0 fully saturated rings. The molecular weight excluding hydrogens is 262 g/mol. The lowest BCUT2D eigenvalue weighted by Gasteiger charge is -2.20. The Balaban J connectivity index is 4.23. The van der Waals surface area contributed by atoms with Crippen molar-refractivity contribution in [3.05, 3.63) is 0 Å². The number of primary sulfonamides is 1. The fourth-order valence-corrected chi connectivity index (χ4v) is 1.57. The second-order valence-corrected chi connectivity index (χ2v) is 5.70. The zero-order valence-electron chi connectivity index (χ0n) is 10.3. The predicted octanol–water partition coefficient (Wildman–Crippen LogP) is -0.927. The number of carbonyl (C=O) groups excluding carboxylic acids is 1. The van der Waals surface area contributed by atoms with Crippen LogP contribution in [0.25, 0.3) is 0 Å². The number of sulfonamides is 1. The molecule has 18 heavy (non-hydrogen) atoms. The van der Waals surface area contributed by atoms with Gasteiger partial charge in [-0.1, -0.05) is 20.3 Å². The van der Waals surface area contributed by atoms with Crippen molar-refractivity contribution in [2.45, 2.75) is 26.3 Å². The highest BCUT2D eigenvalue weighted by molar-refractivity contribution is 7.89. The molecule has 0 saturated carbocycles. The molecule has 0 rings (SSSR count). The zero-order valence-corrected chi connectivity index (χ0v) is 11.2. The van der Waals surface area contributed by atoms with Crippen LogP contribution in [0.3, 0.4) is 0 Å². The summed E-state index contributed by atoms with van der Waals surface area (Å²) in [7, 11) is -3.64. The highest BCUT2D eigenvalue weighted by atomic mass is 32.2. The van der Waals surface area contributed by atoms with Gasteiger partial charge in [-0.2, -0.15) is 0 Å². The third kappa shape index (κ3) is 7.07. The van der Waals surface area contributed by atoms with Gasteiger partial charge in [0.05, 0.1) is 5.75 Å². The summed E-state index contributed by atoms with van der Waals surface area (Å²) in [4.78, 5) is 22.3. The van der Waals surface area contributed by atoms with Crippen LogP contribution in [0.15, 0.2) is 0 Å². The summed E-state index contributed by atoms with van der Waals surface area (Å²) >= 11 is 0. The molecule has 0 heterocycles. The largest absolute Gasteiger partial charge is 0.480 e. The lowest BCUT2D eigenvalue weighted by Crippen LogP contribution is -2.49. The maximum Gasteiger partial charge on any atom is 0.326 e. The Morgan fingerprint density at radius 1 is 1.39 bits per heavy atom. The molecule has 0 aliphatic rings. The molecule has 0 aliphatic carbocycles. The van der Waals surface area contributed by atoms with Crippen LogP contribution < -0.4 is 15.8 Å². The smallest absolute Gasteiger partial charge is 0.326 e. The Kier molecular flexibility index (Phi) is 6.63. The van der Waals surface area contributed by atoms with Crippen LogP contribution in [0, 0.1) is 5.92 Å². The highest BCUT2D eigenvalue weighted by Gasteiger charge is 2.25. The van der Waals surface area contributed by atoms with Crippen LogP contribution in [-0.4, -0.2) is 43.9 Å². The number of hydrogen-bond acceptors (Lipinski definition) is 4. The first kappa shape index (κ1) is 16.6. The minimum atomic E-state index is -3.64. The Morgan fingerprint density at radius 3 is 2.33 bits per heavy atom. The summed E-state index contributed by atoms with van der Waals surface area (Å²) in [6.07, 6.45) is 0.592. The number of nitrogens with two attached hydrogens (primary N) is 1. The van der Waals surface area contributed by atoms with Crippen molar-refractivity contribution in [2.24, 2.45) is 11.1 Å². The van der Waals surface area contributed by atoms with Crippen molar-refractivity contribution < 1.29 is 23.1 Å². The predicted molar refractivity (Wildman–Crippen MR) is 65.4 cm³/mol.